The van der Waals surface area contributed by atoms with Crippen LogP contribution < -0.4 is 4.57 Å². The zero-order chi connectivity index (χ0) is 12.8. The Morgan fingerprint density at radius 2 is 1.81 bits per heavy atom. The molecule has 1 aromatic rings. The Bertz CT molecular complexity index is 303. The molecule has 0 bridgehead atoms. The Balaban J connectivity index is 0.000000385. The van der Waals surface area contributed by atoms with Crippen LogP contribution in [0.15, 0.2) is 6.20 Å². The van der Waals surface area contributed by atoms with Crippen LogP contribution in [0.5, 0.6) is 0 Å². The zero-order valence-corrected chi connectivity index (χ0v) is 9.74. The first-order chi connectivity index (χ1) is 7.25. The summed E-state index contributed by atoms with van der Waals surface area (Å²) in [4.78, 5) is 3.21. The fourth-order valence-electron chi connectivity index (χ4n) is 1.19. The van der Waals surface area contributed by atoms with Gasteiger partial charge in [0.2, 0.25) is 0 Å². The second-order valence-electron chi connectivity index (χ2n) is 3.52. The third-order valence-electron chi connectivity index (χ3n) is 2.17. The smallest absolute Gasteiger partial charge is 0.418 e. The fraction of sp³-hybridized carbons (Fsp3) is 0.667. The molecule has 0 spiro atoms. The molecule has 16 heavy (non-hydrogen) atoms. The number of aromatic amines is 1. The van der Waals surface area contributed by atoms with E-state index in [4.69, 9.17) is 0 Å². The summed E-state index contributed by atoms with van der Waals surface area (Å²) in [5.74, 6) is 1.23. The lowest BCUT2D eigenvalue weighted by Gasteiger charge is -1.94. The van der Waals surface area contributed by atoms with Crippen molar-refractivity contribution in [1.29, 1.82) is 0 Å². The molecule has 0 unspecified atom stereocenters. The largest absolute Gasteiger partial charge is 0.673 e. The summed E-state index contributed by atoms with van der Waals surface area (Å²) in [5, 5.41) is 0. The molecule has 0 amide bonds. The van der Waals surface area contributed by atoms with E-state index >= 15 is 0 Å². The minimum Gasteiger partial charge on any atom is -0.418 e. The van der Waals surface area contributed by atoms with Crippen molar-refractivity contribution >= 4 is 7.25 Å². The van der Waals surface area contributed by atoms with Crippen LogP contribution in [-0.2, 0) is 13.5 Å². The van der Waals surface area contributed by atoms with Crippen LogP contribution in [0, 0.1) is 6.92 Å². The summed E-state index contributed by atoms with van der Waals surface area (Å²) in [6, 6.07) is 0. The standard InChI is InChI=1S/C9H16N2.BF4/c1-4-5-6-9-7-10-8(2)11(9)3;2-1(3,4)5/h7H,4-6H2,1-3H3;/q;-1/p+1. The predicted octanol–water partition coefficient (Wildman–Crippen LogP) is 2.79. The molecule has 1 heterocycles. The van der Waals surface area contributed by atoms with E-state index in [9.17, 15) is 17.3 Å². The van der Waals surface area contributed by atoms with Gasteiger partial charge in [0, 0.05) is 13.3 Å². The van der Waals surface area contributed by atoms with E-state index in [1.165, 1.54) is 30.8 Å². The first kappa shape index (κ1) is 15.0. The zero-order valence-electron chi connectivity index (χ0n) is 9.74. The summed E-state index contributed by atoms with van der Waals surface area (Å²) in [6.45, 7) is 4.31. The Morgan fingerprint density at radius 3 is 2.12 bits per heavy atom. The Morgan fingerprint density at radius 1 is 1.31 bits per heavy atom. The Labute approximate surface area is 92.8 Å². The van der Waals surface area contributed by atoms with Gasteiger partial charge in [-0.15, -0.1) is 0 Å². The molecule has 1 N–H and O–H groups in total. The monoisotopic (exact) mass is 240 g/mol. The van der Waals surface area contributed by atoms with Gasteiger partial charge in [-0.2, -0.15) is 0 Å². The molecule has 0 radical (unpaired) electrons. The van der Waals surface area contributed by atoms with Gasteiger partial charge in [-0.05, 0) is 6.42 Å². The Kier molecular flexibility index (Phi) is 6.14. The highest BCUT2D eigenvalue weighted by Crippen LogP contribution is 2.06. The van der Waals surface area contributed by atoms with E-state index in [1.807, 2.05) is 0 Å². The van der Waals surface area contributed by atoms with Gasteiger partial charge in [-0.1, -0.05) is 13.3 Å². The van der Waals surface area contributed by atoms with Gasteiger partial charge in [-0.25, -0.2) is 9.55 Å². The second kappa shape index (κ2) is 6.55. The van der Waals surface area contributed by atoms with Crippen molar-refractivity contribution in [2.75, 3.05) is 0 Å². The lowest BCUT2D eigenvalue weighted by atomic mass is 10.2. The lowest BCUT2D eigenvalue weighted by molar-refractivity contribution is -0.683. The van der Waals surface area contributed by atoms with Crippen molar-refractivity contribution in [3.63, 3.8) is 0 Å². The van der Waals surface area contributed by atoms with Crippen molar-refractivity contribution < 1.29 is 21.8 Å². The number of hydrogen-bond donors (Lipinski definition) is 1. The normalized spacial score (nSPS) is 10.9. The van der Waals surface area contributed by atoms with Crippen LogP contribution in [0.25, 0.3) is 0 Å². The summed E-state index contributed by atoms with van der Waals surface area (Å²) in [5.41, 5.74) is 1.41. The van der Waals surface area contributed by atoms with Crippen molar-refractivity contribution in [3.8, 4) is 0 Å². The third kappa shape index (κ3) is 7.31. The molecule has 0 aromatic carbocycles. The molecule has 2 nitrogen and oxygen atoms in total. The average Bonchev–Trinajstić information content (AvgIpc) is 2.42. The molecule has 1 aromatic heterocycles. The summed E-state index contributed by atoms with van der Waals surface area (Å²) < 4.78 is 41.2. The van der Waals surface area contributed by atoms with Gasteiger partial charge >= 0.3 is 7.25 Å². The molecule has 1 rings (SSSR count). The molecule has 94 valence electrons. The molecule has 0 saturated heterocycles. The number of unbranched alkanes of at least 4 members (excludes halogenated alkanes) is 1. The lowest BCUT2D eigenvalue weighted by Crippen LogP contribution is -2.33. The van der Waals surface area contributed by atoms with Gasteiger partial charge in [-0.3, -0.25) is 0 Å². The van der Waals surface area contributed by atoms with Crippen LogP contribution >= 0.6 is 0 Å². The second-order valence-corrected chi connectivity index (χ2v) is 3.52. The number of hydrogen-bond acceptors (Lipinski definition) is 0. The molecule has 7 heteroatoms. The number of nitrogens with one attached hydrogen (secondary N) is 1. The van der Waals surface area contributed by atoms with Crippen LogP contribution in [0.2, 0.25) is 0 Å². The first-order valence-electron chi connectivity index (χ1n) is 5.16. The number of aryl methyl sites for hydroxylation is 2. The number of nitrogens with zero attached hydrogens (tertiary/aromatic N) is 1. The minimum absolute atomic E-state index is 1.19. The topological polar surface area (TPSA) is 19.7 Å². The van der Waals surface area contributed by atoms with E-state index < -0.39 is 7.25 Å². The molecule has 0 fully saturated rings. The van der Waals surface area contributed by atoms with Crippen molar-refractivity contribution in [2.45, 2.75) is 33.1 Å². The third-order valence-corrected chi connectivity index (χ3v) is 2.17. The van der Waals surface area contributed by atoms with Crippen LogP contribution in [0.3, 0.4) is 0 Å². The van der Waals surface area contributed by atoms with E-state index in [0.717, 1.165) is 0 Å². The van der Waals surface area contributed by atoms with Gasteiger partial charge in [0.05, 0.1) is 7.05 Å². The van der Waals surface area contributed by atoms with Gasteiger partial charge < -0.3 is 17.3 Å². The van der Waals surface area contributed by atoms with Crippen molar-refractivity contribution in [3.05, 3.63) is 17.7 Å². The maximum Gasteiger partial charge on any atom is 0.673 e. The number of aromatic nitrogens is 2. The van der Waals surface area contributed by atoms with E-state index in [1.54, 1.807) is 0 Å². The average molecular weight is 240 g/mol. The summed E-state index contributed by atoms with van der Waals surface area (Å²) in [7, 11) is -3.89. The van der Waals surface area contributed by atoms with Crippen molar-refractivity contribution in [2.24, 2.45) is 7.05 Å². The summed E-state index contributed by atoms with van der Waals surface area (Å²) >= 11 is 0. The van der Waals surface area contributed by atoms with Gasteiger partial charge in [0.15, 0.2) is 0 Å². The maximum absolute atomic E-state index is 9.75. The fourth-order valence-corrected chi connectivity index (χ4v) is 1.19. The van der Waals surface area contributed by atoms with E-state index in [0.29, 0.717) is 0 Å². The number of rotatable bonds is 3. The number of halogens is 4. The van der Waals surface area contributed by atoms with Gasteiger partial charge in [0.25, 0.3) is 5.82 Å². The minimum atomic E-state index is -6.00. The van der Waals surface area contributed by atoms with Gasteiger partial charge in [0.1, 0.15) is 11.9 Å². The maximum atomic E-state index is 9.75. The molecule has 0 aliphatic rings. The highest BCUT2D eigenvalue weighted by atomic mass is 19.5. The predicted molar refractivity (Wildman–Crippen MR) is 55.5 cm³/mol. The van der Waals surface area contributed by atoms with E-state index in [-0.39, 0.29) is 0 Å². The van der Waals surface area contributed by atoms with Crippen LogP contribution in [0.1, 0.15) is 31.3 Å². The summed E-state index contributed by atoms with van der Waals surface area (Å²) in [6.07, 6.45) is 5.84. The highest BCUT2D eigenvalue weighted by Gasteiger charge is 2.20. The number of imidazole rings is 1. The van der Waals surface area contributed by atoms with E-state index in [2.05, 4.69) is 36.6 Å². The van der Waals surface area contributed by atoms with Crippen LogP contribution in [-0.4, -0.2) is 12.2 Å². The van der Waals surface area contributed by atoms with Crippen molar-refractivity contribution in [1.82, 2.24) is 4.98 Å². The number of H-pyrrole nitrogens is 1. The van der Waals surface area contributed by atoms with Crippen LogP contribution in [0.4, 0.5) is 17.3 Å². The molecular formula is C9H17BF4N2. The SMILES string of the molecule is CCCCc1c[nH]c(C)[n+]1C.F[B-](F)(F)F. The highest BCUT2D eigenvalue weighted by molar-refractivity contribution is 6.50. The quantitative estimate of drug-likeness (QED) is 0.476. The molecule has 0 saturated carbocycles. The molecule has 0 aliphatic heterocycles. The molecular weight excluding hydrogens is 223 g/mol. The first-order valence-corrected chi connectivity index (χ1v) is 5.16. The Hall–Kier alpha value is -1.01. The molecule has 0 aliphatic carbocycles. The molecule has 0 atom stereocenters.